The Kier molecular flexibility index (Phi) is 9.12. The van der Waals surface area contributed by atoms with Crippen molar-refractivity contribution in [2.45, 2.75) is 20.4 Å². The summed E-state index contributed by atoms with van der Waals surface area (Å²) >= 11 is 1.02. The largest absolute Gasteiger partial charge is 0.363 e. The van der Waals surface area contributed by atoms with Gasteiger partial charge in [0.05, 0.1) is 12.2 Å². The van der Waals surface area contributed by atoms with Gasteiger partial charge in [-0.05, 0) is 38.1 Å². The molecule has 12 heteroatoms. The molecular weight excluding hydrogens is 497 g/mol. The van der Waals surface area contributed by atoms with E-state index in [2.05, 4.69) is 20.9 Å². The maximum Gasteiger partial charge on any atom is 0.270 e. The number of para-hydroxylation sites is 1. The highest BCUT2D eigenvalue weighted by molar-refractivity contribution is 7.07. The van der Waals surface area contributed by atoms with Gasteiger partial charge >= 0.3 is 0 Å². The fourth-order valence-corrected chi connectivity index (χ4v) is 4.49. The highest BCUT2D eigenvalue weighted by atomic mass is 32.1. The zero-order chi connectivity index (χ0) is 26.9. The van der Waals surface area contributed by atoms with E-state index in [1.54, 1.807) is 57.3 Å². The molecule has 3 aromatic rings. The summed E-state index contributed by atoms with van der Waals surface area (Å²) in [5, 5.41) is 17.7. The third-order valence-electron chi connectivity index (χ3n) is 5.13. The third kappa shape index (κ3) is 6.59. The number of amides is 2. The van der Waals surface area contributed by atoms with Crippen LogP contribution in [-0.4, -0.2) is 41.5 Å². The predicted octanol–water partition coefficient (Wildman–Crippen LogP) is 1.20. The van der Waals surface area contributed by atoms with Crippen LogP contribution in [0.2, 0.25) is 0 Å². The summed E-state index contributed by atoms with van der Waals surface area (Å²) in [5.74, 6) is -0.746. The number of thiazole rings is 1. The standard InChI is InChI=1S/C25H26FN7O3S/c1-4-28-23(35)16(13-27)25-33(5-2)24(36)19(37-25)14-29-20-11-8-12-21(30-20)31-22(34)15-32(3)18-10-7-6-9-17(18)26/h6-12,14H,4-5,15H2,1-3H3,(H,28,35)(H2,29,30,31,34). The van der Waals surface area contributed by atoms with E-state index < -0.39 is 17.6 Å². The summed E-state index contributed by atoms with van der Waals surface area (Å²) in [6.07, 6.45) is 1.44. The molecule has 0 aliphatic heterocycles. The number of hydrogen-bond donors (Lipinski definition) is 3. The van der Waals surface area contributed by atoms with Gasteiger partial charge in [-0.25, -0.2) is 9.37 Å². The van der Waals surface area contributed by atoms with Crippen molar-refractivity contribution in [1.29, 1.82) is 5.26 Å². The highest BCUT2D eigenvalue weighted by Gasteiger charge is 2.15. The van der Waals surface area contributed by atoms with E-state index in [-0.39, 0.29) is 39.2 Å². The lowest BCUT2D eigenvalue weighted by molar-refractivity contribution is -0.116. The SMILES string of the molecule is CCNC(=O)C(C#N)=c1sc(=CNc2cccc(NC(=O)CN(C)c3ccccc3F)n2)c(=O)n1CC. The van der Waals surface area contributed by atoms with Gasteiger partial charge in [-0.3, -0.25) is 19.0 Å². The van der Waals surface area contributed by atoms with E-state index in [1.807, 2.05) is 6.07 Å². The number of anilines is 3. The van der Waals surface area contributed by atoms with Gasteiger partial charge in [-0.2, -0.15) is 5.26 Å². The molecule has 2 amide bonds. The van der Waals surface area contributed by atoms with E-state index in [4.69, 9.17) is 0 Å². The lowest BCUT2D eigenvalue weighted by Gasteiger charge is -2.19. The van der Waals surface area contributed by atoms with Crippen molar-refractivity contribution in [1.82, 2.24) is 14.9 Å². The van der Waals surface area contributed by atoms with E-state index in [1.165, 1.54) is 21.7 Å². The smallest absolute Gasteiger partial charge is 0.270 e. The number of likely N-dealkylation sites (N-methyl/N-ethyl adjacent to an activating group) is 1. The van der Waals surface area contributed by atoms with Gasteiger partial charge in [0.1, 0.15) is 32.7 Å². The molecule has 37 heavy (non-hydrogen) atoms. The Labute approximate surface area is 216 Å². The summed E-state index contributed by atoms with van der Waals surface area (Å²) in [4.78, 5) is 43.4. The zero-order valence-corrected chi connectivity index (χ0v) is 21.4. The van der Waals surface area contributed by atoms with Crippen LogP contribution in [0.3, 0.4) is 0 Å². The van der Waals surface area contributed by atoms with Crippen molar-refractivity contribution in [3.63, 3.8) is 0 Å². The van der Waals surface area contributed by atoms with Gasteiger partial charge in [0.25, 0.3) is 11.5 Å². The van der Waals surface area contributed by atoms with Crippen LogP contribution in [0.25, 0.3) is 11.8 Å². The maximum atomic E-state index is 14.0. The number of rotatable bonds is 9. The molecule has 0 aliphatic rings. The van der Waals surface area contributed by atoms with Crippen LogP contribution >= 0.6 is 11.3 Å². The Morgan fingerprint density at radius 2 is 1.92 bits per heavy atom. The number of hydrogen-bond acceptors (Lipinski definition) is 8. The Morgan fingerprint density at radius 1 is 1.19 bits per heavy atom. The molecular formula is C25H26FN7O3S. The fraction of sp³-hybridized carbons (Fsp3) is 0.240. The van der Waals surface area contributed by atoms with Gasteiger partial charge in [-0.1, -0.05) is 18.2 Å². The molecule has 10 nitrogen and oxygen atoms in total. The first-order valence-corrected chi connectivity index (χ1v) is 12.2. The first-order chi connectivity index (χ1) is 17.8. The Balaban J connectivity index is 1.80. The molecule has 0 saturated carbocycles. The van der Waals surface area contributed by atoms with E-state index >= 15 is 0 Å². The van der Waals surface area contributed by atoms with Crippen molar-refractivity contribution in [3.8, 4) is 6.07 Å². The fourth-order valence-electron chi connectivity index (χ4n) is 3.41. The number of nitrogens with zero attached hydrogens (tertiary/aromatic N) is 4. The average molecular weight is 524 g/mol. The van der Waals surface area contributed by atoms with Crippen LogP contribution in [0.5, 0.6) is 0 Å². The van der Waals surface area contributed by atoms with Crippen molar-refractivity contribution in [2.75, 3.05) is 35.7 Å². The summed E-state index contributed by atoms with van der Waals surface area (Å²) in [6.45, 7) is 4.03. The molecule has 0 bridgehead atoms. The van der Waals surface area contributed by atoms with Crippen molar-refractivity contribution in [2.24, 2.45) is 0 Å². The molecule has 1 aromatic carbocycles. The van der Waals surface area contributed by atoms with Gasteiger partial charge < -0.3 is 20.9 Å². The van der Waals surface area contributed by atoms with E-state index in [9.17, 15) is 24.0 Å². The Hall–Kier alpha value is -4.50. The minimum absolute atomic E-state index is 0.0930. The van der Waals surface area contributed by atoms with Gasteiger partial charge in [0.2, 0.25) is 5.91 Å². The first-order valence-electron chi connectivity index (χ1n) is 11.4. The molecule has 0 saturated heterocycles. The topological polar surface area (TPSA) is 132 Å². The minimum Gasteiger partial charge on any atom is -0.363 e. The maximum absolute atomic E-state index is 14.0. The third-order valence-corrected chi connectivity index (χ3v) is 6.26. The van der Waals surface area contributed by atoms with Crippen LogP contribution in [0.1, 0.15) is 13.8 Å². The molecule has 3 N–H and O–H groups in total. The minimum atomic E-state index is -0.543. The second-order valence-corrected chi connectivity index (χ2v) is 8.75. The van der Waals surface area contributed by atoms with Crippen LogP contribution < -0.4 is 35.6 Å². The van der Waals surface area contributed by atoms with Gasteiger partial charge in [0, 0.05) is 26.3 Å². The van der Waals surface area contributed by atoms with E-state index in [0.29, 0.717) is 18.1 Å². The molecule has 0 radical (unpaired) electrons. The monoisotopic (exact) mass is 523 g/mol. The van der Waals surface area contributed by atoms with Crippen LogP contribution in [0.4, 0.5) is 21.7 Å². The number of carbonyl (C=O) groups excluding carboxylic acids is 2. The van der Waals surface area contributed by atoms with Crippen LogP contribution in [0.15, 0.2) is 47.3 Å². The summed E-state index contributed by atoms with van der Waals surface area (Å²) in [6, 6.07) is 13.0. The number of nitriles is 1. The molecule has 0 atom stereocenters. The number of carbonyl (C=O) groups is 2. The number of nitrogens with one attached hydrogen (secondary N) is 3. The molecule has 192 valence electrons. The van der Waals surface area contributed by atoms with E-state index in [0.717, 1.165) is 11.3 Å². The number of aromatic nitrogens is 2. The Bertz CT molecular complexity index is 1520. The summed E-state index contributed by atoms with van der Waals surface area (Å²) in [7, 11) is 1.61. The molecule has 0 aliphatic carbocycles. The van der Waals surface area contributed by atoms with Gasteiger partial charge in [0.15, 0.2) is 5.57 Å². The normalized spacial score (nSPS) is 11.9. The van der Waals surface area contributed by atoms with Crippen molar-refractivity contribution < 1.29 is 14.0 Å². The number of benzene rings is 1. The van der Waals surface area contributed by atoms with Crippen molar-refractivity contribution in [3.05, 3.63) is 67.8 Å². The van der Waals surface area contributed by atoms with Crippen molar-refractivity contribution >= 4 is 52.2 Å². The average Bonchev–Trinajstić information content (AvgIpc) is 3.18. The second kappa shape index (κ2) is 12.5. The number of halogens is 1. The molecule has 0 unspecified atom stereocenters. The predicted molar refractivity (Wildman–Crippen MR) is 142 cm³/mol. The summed E-state index contributed by atoms with van der Waals surface area (Å²) < 4.78 is 15.9. The molecule has 2 heterocycles. The molecule has 0 fully saturated rings. The van der Waals surface area contributed by atoms with Crippen LogP contribution in [-0.2, 0) is 16.1 Å². The van der Waals surface area contributed by atoms with Crippen LogP contribution in [0, 0.1) is 17.1 Å². The summed E-state index contributed by atoms with van der Waals surface area (Å²) in [5.41, 5.74) is -0.186. The Morgan fingerprint density at radius 3 is 2.59 bits per heavy atom. The first kappa shape index (κ1) is 27.1. The zero-order valence-electron chi connectivity index (χ0n) is 20.5. The molecule has 0 spiro atoms. The lowest BCUT2D eigenvalue weighted by Crippen LogP contribution is -2.34. The number of pyridine rings is 1. The highest BCUT2D eigenvalue weighted by Crippen LogP contribution is 2.17. The quantitative estimate of drug-likeness (QED) is 0.384. The molecule has 3 rings (SSSR count). The second-order valence-electron chi connectivity index (χ2n) is 7.72. The lowest BCUT2D eigenvalue weighted by atomic mass is 10.3. The molecule has 2 aromatic heterocycles. The van der Waals surface area contributed by atoms with Gasteiger partial charge in [-0.15, -0.1) is 11.3 Å².